The van der Waals surface area contributed by atoms with Gasteiger partial charge in [0.25, 0.3) is 0 Å². The first-order valence-electron chi connectivity index (χ1n) is 10.6. The first kappa shape index (κ1) is 21.8. The molecule has 1 heterocycles. The van der Waals surface area contributed by atoms with Gasteiger partial charge < -0.3 is 20.7 Å². The molecule has 0 saturated heterocycles. The highest BCUT2D eigenvalue weighted by Crippen LogP contribution is 2.25. The lowest BCUT2D eigenvalue weighted by Gasteiger charge is -2.19. The Kier molecular flexibility index (Phi) is 6.80. The van der Waals surface area contributed by atoms with Crippen LogP contribution in [0.2, 0.25) is 0 Å². The third kappa shape index (κ3) is 6.07. The number of nitrogens with one attached hydrogen (secondary N) is 3. The summed E-state index contributed by atoms with van der Waals surface area (Å²) in [6, 6.07) is 17.3. The summed E-state index contributed by atoms with van der Waals surface area (Å²) in [5.74, 6) is 2.51. The van der Waals surface area contributed by atoms with Gasteiger partial charge in [0.1, 0.15) is 17.3 Å². The van der Waals surface area contributed by atoms with Gasteiger partial charge >= 0.3 is 0 Å². The monoisotopic (exact) mass is 439 g/mol. The molecular weight excluding hydrogens is 414 g/mol. The maximum atomic E-state index is 11.5. The van der Waals surface area contributed by atoms with Crippen LogP contribution in [0.3, 0.4) is 0 Å². The number of rotatable bonds is 8. The van der Waals surface area contributed by atoms with E-state index in [4.69, 9.17) is 4.74 Å². The van der Waals surface area contributed by atoms with Crippen molar-refractivity contribution in [2.75, 3.05) is 10.6 Å². The molecule has 0 spiro atoms. The number of aromatic nitrogens is 2. The van der Waals surface area contributed by atoms with Gasteiger partial charge in [-0.15, -0.1) is 0 Å². The van der Waals surface area contributed by atoms with Crippen molar-refractivity contribution in [3.63, 3.8) is 0 Å². The Morgan fingerprint density at radius 1 is 1.12 bits per heavy atom. The molecule has 1 amide bonds. The van der Waals surface area contributed by atoms with Gasteiger partial charge in [0.2, 0.25) is 11.9 Å². The van der Waals surface area contributed by atoms with Gasteiger partial charge in [-0.05, 0) is 68.0 Å². The molecule has 7 heteroatoms. The Bertz CT molecular complexity index is 1190. The maximum absolute atomic E-state index is 11.5. The number of nitrogens with zero attached hydrogens (tertiary/aromatic N) is 2. The van der Waals surface area contributed by atoms with Crippen LogP contribution in [0, 0.1) is 6.92 Å². The number of ether oxygens (including phenoxy) is 1. The van der Waals surface area contributed by atoms with E-state index < -0.39 is 0 Å². The minimum Gasteiger partial charge on any atom is -0.457 e. The van der Waals surface area contributed by atoms with Gasteiger partial charge in [-0.2, -0.15) is 4.98 Å². The van der Waals surface area contributed by atoms with Crippen molar-refractivity contribution in [3.8, 4) is 11.5 Å². The number of aryl methyl sites for hydroxylation is 1. The summed E-state index contributed by atoms with van der Waals surface area (Å²) >= 11 is 0. The lowest BCUT2D eigenvalue weighted by molar-refractivity contribution is -0.115. The van der Waals surface area contributed by atoms with E-state index in [1.165, 1.54) is 6.08 Å². The molecule has 0 radical (unpaired) electrons. The summed E-state index contributed by atoms with van der Waals surface area (Å²) in [6.07, 6.45) is 9.57. The van der Waals surface area contributed by atoms with Gasteiger partial charge in [-0.3, -0.25) is 4.79 Å². The number of amides is 1. The standard InChI is InChI=1S/C26H25N5O2/c1-3-24(32)28-20-8-7-9-21(16-20)30-26-27-17-18(2)25(31-26)29-19-12-14-23(15-13-19)33-22-10-5-4-6-11-22/h3-8,10-17,21H,1,9H2,2H3,(H,28,32)(H2,27,29,30,31). The molecule has 7 nitrogen and oxygen atoms in total. The van der Waals surface area contributed by atoms with Gasteiger partial charge in [-0.1, -0.05) is 30.9 Å². The highest BCUT2D eigenvalue weighted by Gasteiger charge is 2.13. The van der Waals surface area contributed by atoms with Crippen LogP contribution < -0.4 is 20.7 Å². The van der Waals surface area contributed by atoms with Crippen LogP contribution in [0.1, 0.15) is 12.0 Å². The molecule has 2 aromatic carbocycles. The Hall–Kier alpha value is -4.39. The van der Waals surface area contributed by atoms with E-state index in [2.05, 4.69) is 32.5 Å². The van der Waals surface area contributed by atoms with Gasteiger partial charge in [0.05, 0.1) is 6.04 Å². The van der Waals surface area contributed by atoms with Crippen LogP contribution in [0.15, 0.2) is 97.4 Å². The Morgan fingerprint density at radius 3 is 2.64 bits per heavy atom. The zero-order valence-electron chi connectivity index (χ0n) is 18.3. The lowest BCUT2D eigenvalue weighted by atomic mass is 10.1. The quantitative estimate of drug-likeness (QED) is 0.416. The van der Waals surface area contributed by atoms with Crippen molar-refractivity contribution in [2.24, 2.45) is 0 Å². The SMILES string of the molecule is C=CC(=O)NC1=CC(Nc2ncc(C)c(Nc3ccc(Oc4ccccc4)cc3)n2)CC=C1. The molecule has 0 saturated carbocycles. The molecule has 3 N–H and O–H groups in total. The predicted octanol–water partition coefficient (Wildman–Crippen LogP) is 5.25. The molecule has 33 heavy (non-hydrogen) atoms. The zero-order chi connectivity index (χ0) is 23.0. The molecule has 1 atom stereocenters. The number of carbonyl (C=O) groups is 1. The molecule has 1 aliphatic rings. The van der Waals surface area contributed by atoms with E-state index in [0.29, 0.717) is 17.5 Å². The molecule has 166 valence electrons. The molecule has 1 aliphatic carbocycles. The van der Waals surface area contributed by atoms with E-state index in [1.54, 1.807) is 6.20 Å². The number of hydrogen-bond donors (Lipinski definition) is 3. The molecular formula is C26H25N5O2. The molecule has 0 fully saturated rings. The fourth-order valence-electron chi connectivity index (χ4n) is 3.23. The minimum atomic E-state index is -0.246. The summed E-state index contributed by atoms with van der Waals surface area (Å²) in [4.78, 5) is 20.6. The topological polar surface area (TPSA) is 88.2 Å². The summed E-state index contributed by atoms with van der Waals surface area (Å²) in [7, 11) is 0. The average Bonchev–Trinajstić information content (AvgIpc) is 2.83. The van der Waals surface area contributed by atoms with Crippen molar-refractivity contribution >= 4 is 23.4 Å². The number of allylic oxidation sites excluding steroid dienone is 1. The fraction of sp³-hybridized carbons (Fsp3) is 0.115. The van der Waals surface area contributed by atoms with E-state index >= 15 is 0 Å². The summed E-state index contributed by atoms with van der Waals surface area (Å²) in [5.41, 5.74) is 2.52. The molecule has 1 unspecified atom stereocenters. The Labute approximate surface area is 192 Å². The second kappa shape index (κ2) is 10.3. The van der Waals surface area contributed by atoms with Crippen LogP contribution in [-0.2, 0) is 4.79 Å². The summed E-state index contributed by atoms with van der Waals surface area (Å²) < 4.78 is 5.84. The van der Waals surface area contributed by atoms with Gasteiger partial charge in [0.15, 0.2) is 0 Å². The Morgan fingerprint density at radius 2 is 1.88 bits per heavy atom. The van der Waals surface area contributed by atoms with Crippen LogP contribution in [-0.4, -0.2) is 21.9 Å². The second-order valence-electron chi connectivity index (χ2n) is 7.49. The number of para-hydroxylation sites is 1. The molecule has 1 aromatic heterocycles. The molecule has 4 rings (SSSR count). The molecule has 3 aromatic rings. The largest absolute Gasteiger partial charge is 0.457 e. The van der Waals surface area contributed by atoms with Crippen molar-refractivity contribution < 1.29 is 9.53 Å². The lowest BCUT2D eigenvalue weighted by Crippen LogP contribution is -2.26. The molecule has 0 bridgehead atoms. The van der Waals surface area contributed by atoms with E-state index in [1.807, 2.05) is 79.7 Å². The molecule has 0 aliphatic heterocycles. The van der Waals surface area contributed by atoms with Gasteiger partial charge in [0, 0.05) is 23.1 Å². The normalized spacial score (nSPS) is 14.7. The summed E-state index contributed by atoms with van der Waals surface area (Å²) in [6.45, 7) is 5.43. The fourth-order valence-corrected chi connectivity index (χ4v) is 3.23. The maximum Gasteiger partial charge on any atom is 0.247 e. The first-order chi connectivity index (χ1) is 16.1. The van der Waals surface area contributed by atoms with Crippen molar-refractivity contribution in [2.45, 2.75) is 19.4 Å². The van der Waals surface area contributed by atoms with Crippen LogP contribution in [0.25, 0.3) is 0 Å². The third-order valence-corrected chi connectivity index (χ3v) is 4.90. The number of anilines is 3. The van der Waals surface area contributed by atoms with Crippen molar-refractivity contribution in [1.82, 2.24) is 15.3 Å². The average molecular weight is 440 g/mol. The third-order valence-electron chi connectivity index (χ3n) is 4.90. The van der Waals surface area contributed by atoms with E-state index in [0.717, 1.165) is 29.2 Å². The van der Waals surface area contributed by atoms with Crippen LogP contribution in [0.4, 0.5) is 17.5 Å². The van der Waals surface area contributed by atoms with Gasteiger partial charge in [-0.25, -0.2) is 4.98 Å². The Balaban J connectivity index is 1.41. The smallest absolute Gasteiger partial charge is 0.247 e. The second-order valence-corrected chi connectivity index (χ2v) is 7.49. The van der Waals surface area contributed by atoms with E-state index in [-0.39, 0.29) is 11.9 Å². The first-order valence-corrected chi connectivity index (χ1v) is 10.6. The zero-order valence-corrected chi connectivity index (χ0v) is 18.3. The van der Waals surface area contributed by atoms with Crippen molar-refractivity contribution in [1.29, 1.82) is 0 Å². The predicted molar refractivity (Wildman–Crippen MR) is 131 cm³/mol. The van der Waals surface area contributed by atoms with Crippen LogP contribution >= 0.6 is 0 Å². The number of hydrogen-bond acceptors (Lipinski definition) is 6. The highest BCUT2D eigenvalue weighted by atomic mass is 16.5. The van der Waals surface area contributed by atoms with Crippen molar-refractivity contribution in [3.05, 3.63) is 103 Å². The highest BCUT2D eigenvalue weighted by molar-refractivity contribution is 5.88. The van der Waals surface area contributed by atoms with E-state index in [9.17, 15) is 4.79 Å². The number of carbonyl (C=O) groups excluding carboxylic acids is 1. The summed E-state index contributed by atoms with van der Waals surface area (Å²) in [5, 5.41) is 9.42. The number of benzene rings is 2. The minimum absolute atomic E-state index is 0.0416. The van der Waals surface area contributed by atoms with Crippen LogP contribution in [0.5, 0.6) is 11.5 Å².